The topological polar surface area (TPSA) is 46.1 Å². The molecule has 2 rings (SSSR count). The molecule has 1 aliphatic rings. The van der Waals surface area contributed by atoms with Gasteiger partial charge in [-0.2, -0.15) is 0 Å². The SMILES string of the molecule is CN=C(NCCc1cc(OC)ccc1OC)N1CC(C)CC(C)C1.I. The Morgan fingerprint density at radius 3 is 2.44 bits per heavy atom. The van der Waals surface area contributed by atoms with Gasteiger partial charge >= 0.3 is 0 Å². The van der Waals surface area contributed by atoms with Gasteiger partial charge in [-0.15, -0.1) is 24.0 Å². The van der Waals surface area contributed by atoms with Gasteiger partial charge < -0.3 is 19.7 Å². The molecule has 1 saturated heterocycles. The number of rotatable bonds is 5. The van der Waals surface area contributed by atoms with Gasteiger partial charge in [-0.1, -0.05) is 13.8 Å². The van der Waals surface area contributed by atoms with E-state index in [-0.39, 0.29) is 24.0 Å². The number of halogens is 1. The van der Waals surface area contributed by atoms with E-state index in [0.29, 0.717) is 11.8 Å². The smallest absolute Gasteiger partial charge is 0.193 e. The maximum Gasteiger partial charge on any atom is 0.193 e. The molecular formula is C19H32IN3O2. The molecule has 1 aromatic rings. The summed E-state index contributed by atoms with van der Waals surface area (Å²) in [5.74, 6) is 4.17. The highest BCUT2D eigenvalue weighted by Gasteiger charge is 2.23. The standard InChI is InChI=1S/C19H31N3O2.HI/c1-14-10-15(2)13-22(12-14)19(20-3)21-9-8-16-11-17(23-4)6-7-18(16)24-5;/h6-7,11,14-15H,8-10,12-13H2,1-5H3,(H,20,21);1H. The van der Waals surface area contributed by atoms with Crippen LogP contribution in [0.25, 0.3) is 0 Å². The molecule has 0 bridgehead atoms. The molecule has 1 aliphatic heterocycles. The predicted octanol–water partition coefficient (Wildman–Crippen LogP) is 3.42. The van der Waals surface area contributed by atoms with Gasteiger partial charge in [0.1, 0.15) is 11.5 Å². The molecule has 25 heavy (non-hydrogen) atoms. The number of hydrogen-bond donors (Lipinski definition) is 1. The van der Waals surface area contributed by atoms with Crippen molar-refractivity contribution in [3.05, 3.63) is 23.8 Å². The third-order valence-corrected chi connectivity index (χ3v) is 4.55. The Kier molecular flexibility index (Phi) is 9.38. The van der Waals surface area contributed by atoms with Crippen molar-refractivity contribution in [1.29, 1.82) is 0 Å². The Hall–Kier alpha value is -1.18. The van der Waals surface area contributed by atoms with Gasteiger partial charge in [0.2, 0.25) is 0 Å². The second-order valence-electron chi connectivity index (χ2n) is 6.75. The summed E-state index contributed by atoms with van der Waals surface area (Å²) >= 11 is 0. The average Bonchev–Trinajstić information content (AvgIpc) is 2.57. The van der Waals surface area contributed by atoms with Crippen LogP contribution in [0, 0.1) is 11.8 Å². The minimum Gasteiger partial charge on any atom is -0.497 e. The van der Waals surface area contributed by atoms with Crippen LogP contribution in [0.3, 0.4) is 0 Å². The van der Waals surface area contributed by atoms with E-state index in [2.05, 4.69) is 29.1 Å². The molecule has 1 aromatic carbocycles. The Balaban J connectivity index is 0.00000312. The maximum absolute atomic E-state index is 5.45. The van der Waals surface area contributed by atoms with Crippen molar-refractivity contribution in [2.24, 2.45) is 16.8 Å². The van der Waals surface area contributed by atoms with Crippen LogP contribution in [0.5, 0.6) is 11.5 Å². The zero-order chi connectivity index (χ0) is 17.5. The largest absolute Gasteiger partial charge is 0.497 e. The number of aliphatic imine (C=N–C) groups is 1. The van der Waals surface area contributed by atoms with Crippen molar-refractivity contribution in [1.82, 2.24) is 10.2 Å². The highest BCUT2D eigenvalue weighted by Crippen LogP contribution is 2.24. The summed E-state index contributed by atoms with van der Waals surface area (Å²) in [7, 11) is 5.25. The lowest BCUT2D eigenvalue weighted by Crippen LogP contribution is -2.48. The van der Waals surface area contributed by atoms with Crippen LogP contribution in [-0.2, 0) is 6.42 Å². The van der Waals surface area contributed by atoms with E-state index in [1.54, 1.807) is 14.2 Å². The first-order valence-corrected chi connectivity index (χ1v) is 8.73. The fraction of sp³-hybridized carbons (Fsp3) is 0.632. The van der Waals surface area contributed by atoms with Crippen molar-refractivity contribution in [3.8, 4) is 11.5 Å². The lowest BCUT2D eigenvalue weighted by atomic mass is 9.92. The molecule has 142 valence electrons. The molecule has 0 amide bonds. The second-order valence-corrected chi connectivity index (χ2v) is 6.75. The van der Waals surface area contributed by atoms with Crippen LogP contribution in [-0.4, -0.2) is 51.8 Å². The molecule has 1 N–H and O–H groups in total. The average molecular weight is 461 g/mol. The molecular weight excluding hydrogens is 429 g/mol. The summed E-state index contributed by atoms with van der Waals surface area (Å²) in [5.41, 5.74) is 1.14. The molecule has 0 aromatic heterocycles. The first-order valence-electron chi connectivity index (χ1n) is 8.73. The Bertz CT molecular complexity index is 556. The molecule has 2 atom stereocenters. The zero-order valence-corrected chi connectivity index (χ0v) is 18.4. The van der Waals surface area contributed by atoms with Crippen molar-refractivity contribution in [2.75, 3.05) is 40.9 Å². The number of nitrogens with zero attached hydrogens (tertiary/aromatic N) is 2. The highest BCUT2D eigenvalue weighted by atomic mass is 127. The number of likely N-dealkylation sites (tertiary alicyclic amines) is 1. The van der Waals surface area contributed by atoms with Gasteiger partial charge in [0.05, 0.1) is 14.2 Å². The first kappa shape index (κ1) is 21.9. The van der Waals surface area contributed by atoms with Crippen molar-refractivity contribution >= 4 is 29.9 Å². The van der Waals surface area contributed by atoms with E-state index in [9.17, 15) is 0 Å². The second kappa shape index (κ2) is 10.7. The van der Waals surface area contributed by atoms with Crippen molar-refractivity contribution in [3.63, 3.8) is 0 Å². The lowest BCUT2D eigenvalue weighted by molar-refractivity contribution is 0.208. The van der Waals surface area contributed by atoms with Crippen LogP contribution in [0.2, 0.25) is 0 Å². The summed E-state index contributed by atoms with van der Waals surface area (Å²) < 4.78 is 10.8. The van der Waals surface area contributed by atoms with Crippen LogP contribution >= 0.6 is 24.0 Å². The third kappa shape index (κ3) is 6.24. The van der Waals surface area contributed by atoms with Gasteiger partial charge in [0, 0.05) is 26.7 Å². The predicted molar refractivity (Wildman–Crippen MR) is 115 cm³/mol. The van der Waals surface area contributed by atoms with Gasteiger partial charge in [-0.05, 0) is 48.4 Å². The third-order valence-electron chi connectivity index (χ3n) is 4.55. The van der Waals surface area contributed by atoms with Crippen LogP contribution in [0.1, 0.15) is 25.8 Å². The Morgan fingerprint density at radius 2 is 1.88 bits per heavy atom. The number of methoxy groups -OCH3 is 2. The van der Waals surface area contributed by atoms with E-state index in [4.69, 9.17) is 9.47 Å². The molecule has 1 heterocycles. The summed E-state index contributed by atoms with van der Waals surface area (Å²) in [5, 5.41) is 3.50. The fourth-order valence-corrected chi connectivity index (χ4v) is 3.55. The lowest BCUT2D eigenvalue weighted by Gasteiger charge is -2.37. The number of hydrogen-bond acceptors (Lipinski definition) is 3. The molecule has 2 unspecified atom stereocenters. The Labute approximate surface area is 169 Å². The molecule has 0 saturated carbocycles. The van der Waals surface area contributed by atoms with Crippen LogP contribution in [0.15, 0.2) is 23.2 Å². The molecule has 6 heteroatoms. The summed E-state index contributed by atoms with van der Waals surface area (Å²) in [6.45, 7) is 7.60. The van der Waals surface area contributed by atoms with Crippen LogP contribution < -0.4 is 14.8 Å². The van der Waals surface area contributed by atoms with E-state index in [1.807, 2.05) is 25.2 Å². The molecule has 0 spiro atoms. The monoisotopic (exact) mass is 461 g/mol. The van der Waals surface area contributed by atoms with Crippen molar-refractivity contribution in [2.45, 2.75) is 26.7 Å². The molecule has 0 aliphatic carbocycles. The number of guanidine groups is 1. The number of benzene rings is 1. The summed E-state index contributed by atoms with van der Waals surface area (Å²) in [6, 6.07) is 5.91. The van der Waals surface area contributed by atoms with E-state index >= 15 is 0 Å². The maximum atomic E-state index is 5.45. The summed E-state index contributed by atoms with van der Waals surface area (Å²) in [6.07, 6.45) is 2.16. The molecule has 1 fully saturated rings. The normalized spacial score (nSPS) is 20.7. The molecule has 5 nitrogen and oxygen atoms in total. The van der Waals surface area contributed by atoms with Gasteiger partial charge in [-0.25, -0.2) is 0 Å². The minimum atomic E-state index is 0. The minimum absolute atomic E-state index is 0. The van der Waals surface area contributed by atoms with E-state index in [0.717, 1.165) is 49.1 Å². The first-order chi connectivity index (χ1) is 11.6. The zero-order valence-electron chi connectivity index (χ0n) is 16.0. The number of piperidine rings is 1. The number of ether oxygens (including phenoxy) is 2. The van der Waals surface area contributed by atoms with E-state index < -0.39 is 0 Å². The molecule has 0 radical (unpaired) electrons. The van der Waals surface area contributed by atoms with E-state index in [1.165, 1.54) is 6.42 Å². The van der Waals surface area contributed by atoms with Gasteiger partial charge in [-0.3, -0.25) is 4.99 Å². The highest BCUT2D eigenvalue weighted by molar-refractivity contribution is 14.0. The Morgan fingerprint density at radius 1 is 1.20 bits per heavy atom. The quantitative estimate of drug-likeness (QED) is 0.415. The van der Waals surface area contributed by atoms with Gasteiger partial charge in [0.15, 0.2) is 5.96 Å². The van der Waals surface area contributed by atoms with Gasteiger partial charge in [0.25, 0.3) is 0 Å². The van der Waals surface area contributed by atoms with Crippen LogP contribution in [0.4, 0.5) is 0 Å². The van der Waals surface area contributed by atoms with Crippen molar-refractivity contribution < 1.29 is 9.47 Å². The summed E-state index contributed by atoms with van der Waals surface area (Å²) in [4.78, 5) is 6.84. The fourth-order valence-electron chi connectivity index (χ4n) is 3.55. The number of nitrogens with one attached hydrogen (secondary N) is 1.